The van der Waals surface area contributed by atoms with Crippen LogP contribution in [0.15, 0.2) is 42.5 Å². The molecule has 2 aromatic carbocycles. The molecule has 5 nitrogen and oxygen atoms in total. The van der Waals surface area contributed by atoms with Crippen molar-refractivity contribution in [2.24, 2.45) is 5.41 Å². The summed E-state index contributed by atoms with van der Waals surface area (Å²) in [6.07, 6.45) is 3.14. The lowest BCUT2D eigenvalue weighted by molar-refractivity contribution is -0.191. The van der Waals surface area contributed by atoms with Crippen LogP contribution in [0.5, 0.6) is 5.75 Å². The molecule has 0 bridgehead atoms. The molecular formula is C25H29ClO5. The Hall–Kier alpha value is -1.63. The van der Waals surface area contributed by atoms with Gasteiger partial charge in [0.25, 0.3) is 0 Å². The summed E-state index contributed by atoms with van der Waals surface area (Å²) in [5.41, 5.74) is 3.56. The summed E-state index contributed by atoms with van der Waals surface area (Å²) in [7, 11) is 0. The molecule has 6 heteroatoms. The van der Waals surface area contributed by atoms with E-state index < -0.39 is 6.10 Å². The smallest absolute Gasteiger partial charge is 0.119 e. The third-order valence-corrected chi connectivity index (χ3v) is 7.15. The number of benzene rings is 2. The van der Waals surface area contributed by atoms with Crippen molar-refractivity contribution in [2.75, 3.05) is 19.8 Å². The predicted octanol–water partition coefficient (Wildman–Crippen LogP) is 4.06. The van der Waals surface area contributed by atoms with Gasteiger partial charge in [0.1, 0.15) is 11.9 Å². The molecule has 1 spiro atoms. The molecule has 1 saturated carbocycles. The van der Waals surface area contributed by atoms with E-state index in [4.69, 9.17) is 25.8 Å². The van der Waals surface area contributed by atoms with Crippen LogP contribution in [0.25, 0.3) is 0 Å². The van der Waals surface area contributed by atoms with E-state index in [1.54, 1.807) is 0 Å². The van der Waals surface area contributed by atoms with Gasteiger partial charge in [0.2, 0.25) is 0 Å². The van der Waals surface area contributed by atoms with Crippen molar-refractivity contribution >= 4 is 11.6 Å². The number of hydrogen-bond acceptors (Lipinski definition) is 5. The molecule has 3 fully saturated rings. The Balaban J connectivity index is 1.23. The molecule has 2 saturated heterocycles. The second kappa shape index (κ2) is 8.72. The zero-order valence-corrected chi connectivity index (χ0v) is 18.3. The van der Waals surface area contributed by atoms with Crippen molar-refractivity contribution in [3.63, 3.8) is 0 Å². The highest BCUT2D eigenvalue weighted by Crippen LogP contribution is 2.48. The number of ether oxygens (including phenoxy) is 3. The lowest BCUT2D eigenvalue weighted by Crippen LogP contribution is -2.56. The normalized spacial score (nSPS) is 27.5. The number of rotatable bonds is 6. The molecule has 3 aliphatic rings. The lowest BCUT2D eigenvalue weighted by atomic mass is 9.65. The molecule has 2 N–H and O–H groups in total. The van der Waals surface area contributed by atoms with Crippen LogP contribution >= 0.6 is 11.6 Å². The zero-order valence-electron chi connectivity index (χ0n) is 17.5. The fourth-order valence-corrected chi connectivity index (χ4v) is 5.15. The van der Waals surface area contributed by atoms with Gasteiger partial charge in [-0.1, -0.05) is 35.9 Å². The highest BCUT2D eigenvalue weighted by atomic mass is 35.5. The summed E-state index contributed by atoms with van der Waals surface area (Å²) in [6, 6.07) is 14.1. The molecule has 0 amide bonds. The second-order valence-electron chi connectivity index (χ2n) is 9.37. The lowest BCUT2D eigenvalue weighted by Gasteiger charge is -2.52. The van der Waals surface area contributed by atoms with Gasteiger partial charge in [0.15, 0.2) is 0 Å². The molecule has 31 heavy (non-hydrogen) atoms. The van der Waals surface area contributed by atoms with E-state index in [1.807, 2.05) is 24.3 Å². The molecule has 3 atom stereocenters. The van der Waals surface area contributed by atoms with Gasteiger partial charge in [0, 0.05) is 23.3 Å². The van der Waals surface area contributed by atoms with E-state index in [-0.39, 0.29) is 18.8 Å². The van der Waals surface area contributed by atoms with Crippen molar-refractivity contribution in [3.8, 4) is 5.75 Å². The van der Waals surface area contributed by atoms with Gasteiger partial charge in [-0.3, -0.25) is 0 Å². The maximum atomic E-state index is 10.1. The minimum atomic E-state index is -0.468. The molecule has 2 heterocycles. The Morgan fingerprint density at radius 1 is 1.06 bits per heavy atom. The Morgan fingerprint density at radius 3 is 2.52 bits per heavy atom. The van der Waals surface area contributed by atoms with Crippen LogP contribution in [0.2, 0.25) is 5.02 Å². The average Bonchev–Trinajstić information content (AvgIpc) is 2.71. The van der Waals surface area contributed by atoms with Gasteiger partial charge < -0.3 is 24.4 Å². The van der Waals surface area contributed by atoms with Crippen molar-refractivity contribution in [2.45, 2.75) is 56.5 Å². The van der Waals surface area contributed by atoms with Gasteiger partial charge in [-0.15, -0.1) is 0 Å². The summed E-state index contributed by atoms with van der Waals surface area (Å²) in [6.45, 7) is 1.69. The van der Waals surface area contributed by atoms with Crippen molar-refractivity contribution in [1.82, 2.24) is 0 Å². The number of aliphatic hydroxyl groups excluding tert-OH is 2. The molecule has 0 radical (unpaired) electrons. The topological polar surface area (TPSA) is 68.2 Å². The van der Waals surface area contributed by atoms with Gasteiger partial charge in [-0.25, -0.2) is 0 Å². The van der Waals surface area contributed by atoms with Crippen LogP contribution < -0.4 is 4.74 Å². The van der Waals surface area contributed by atoms with Crippen molar-refractivity contribution in [1.29, 1.82) is 0 Å². The van der Waals surface area contributed by atoms with Gasteiger partial charge in [-0.05, 0) is 54.2 Å². The Bertz CT molecular complexity index is 903. The monoisotopic (exact) mass is 444 g/mol. The third kappa shape index (κ3) is 4.62. The third-order valence-electron chi connectivity index (χ3n) is 6.78. The van der Waals surface area contributed by atoms with Gasteiger partial charge in [-0.2, -0.15) is 0 Å². The van der Waals surface area contributed by atoms with E-state index in [0.717, 1.165) is 48.5 Å². The maximum Gasteiger partial charge on any atom is 0.119 e. The van der Waals surface area contributed by atoms with E-state index in [0.29, 0.717) is 35.8 Å². The molecule has 2 aromatic rings. The maximum absolute atomic E-state index is 10.1. The Labute approximate surface area is 187 Å². The summed E-state index contributed by atoms with van der Waals surface area (Å²) in [4.78, 5) is 0. The van der Waals surface area contributed by atoms with Crippen LogP contribution in [0.3, 0.4) is 0 Å². The van der Waals surface area contributed by atoms with Crippen molar-refractivity contribution in [3.05, 3.63) is 64.2 Å². The van der Waals surface area contributed by atoms with E-state index in [2.05, 4.69) is 18.2 Å². The molecule has 1 aliphatic carbocycles. The van der Waals surface area contributed by atoms with Crippen LogP contribution in [0, 0.1) is 5.41 Å². The molecular weight excluding hydrogens is 416 g/mol. The number of aliphatic hydroxyl groups is 2. The van der Waals surface area contributed by atoms with Crippen LogP contribution in [0.1, 0.15) is 48.5 Å². The van der Waals surface area contributed by atoms with Gasteiger partial charge >= 0.3 is 0 Å². The highest BCUT2D eigenvalue weighted by molar-refractivity contribution is 6.31. The average molecular weight is 445 g/mol. The van der Waals surface area contributed by atoms with E-state index >= 15 is 0 Å². The quantitative estimate of drug-likeness (QED) is 0.703. The molecule has 2 aliphatic heterocycles. The first kappa shape index (κ1) is 21.2. The Kier molecular flexibility index (Phi) is 5.97. The highest BCUT2D eigenvalue weighted by Gasteiger charge is 2.51. The fraction of sp³-hybridized carbons (Fsp3) is 0.520. The van der Waals surface area contributed by atoms with Crippen LogP contribution in [-0.2, 0) is 15.9 Å². The first-order valence-electron chi connectivity index (χ1n) is 11.1. The minimum Gasteiger partial charge on any atom is -0.490 e. The molecule has 0 aromatic heterocycles. The summed E-state index contributed by atoms with van der Waals surface area (Å²) in [5, 5.41) is 20.3. The second-order valence-corrected chi connectivity index (χ2v) is 9.77. The zero-order chi connectivity index (χ0) is 21.4. The predicted molar refractivity (Wildman–Crippen MR) is 118 cm³/mol. The minimum absolute atomic E-state index is 0.0853. The first-order valence-corrected chi connectivity index (χ1v) is 11.5. The largest absolute Gasteiger partial charge is 0.490 e. The first-order chi connectivity index (χ1) is 15.0. The summed E-state index contributed by atoms with van der Waals surface area (Å²) >= 11 is 6.48. The van der Waals surface area contributed by atoms with Gasteiger partial charge in [0.05, 0.1) is 38.1 Å². The SMILES string of the molecule is OC[C@@H]1C[C@H](O)C[C@H](c2ccc(Cl)c(Cc3ccc(OC4CC5(COC5)C4)cc3)c2)O1. The number of hydrogen-bond donors (Lipinski definition) is 2. The summed E-state index contributed by atoms with van der Waals surface area (Å²) < 4.78 is 17.4. The molecule has 5 rings (SSSR count). The standard InChI is InChI=1S/C25H29ClO5/c26-23-6-3-17(24-10-19(28)9-21(13-27)31-24)8-18(23)7-16-1-4-20(5-2-16)30-22-11-25(12-22)14-29-15-25/h1-6,8,19,21-22,24,27-28H,7,9-15H2/t19-,21-,24+/m0/s1. The summed E-state index contributed by atoms with van der Waals surface area (Å²) in [5.74, 6) is 0.906. The Morgan fingerprint density at radius 2 is 1.84 bits per heavy atom. The number of halogens is 1. The van der Waals surface area contributed by atoms with Crippen LogP contribution in [0.4, 0.5) is 0 Å². The van der Waals surface area contributed by atoms with Crippen LogP contribution in [-0.4, -0.2) is 48.3 Å². The van der Waals surface area contributed by atoms with Crippen molar-refractivity contribution < 1.29 is 24.4 Å². The fourth-order valence-electron chi connectivity index (χ4n) is 4.97. The molecule has 166 valence electrons. The van der Waals surface area contributed by atoms with E-state index in [1.165, 1.54) is 0 Å². The molecule has 0 unspecified atom stereocenters. The van der Waals surface area contributed by atoms with E-state index in [9.17, 15) is 10.2 Å².